The van der Waals surface area contributed by atoms with Gasteiger partial charge in [-0.05, 0) is 29.5 Å². The topological polar surface area (TPSA) is 38.3 Å². The van der Waals surface area contributed by atoms with Gasteiger partial charge in [-0.25, -0.2) is 0 Å². The molecule has 0 saturated carbocycles. The normalized spacial score (nSPS) is 15.1. The van der Waals surface area contributed by atoms with Crippen molar-refractivity contribution in [3.8, 4) is 5.75 Å². The van der Waals surface area contributed by atoms with E-state index in [0.29, 0.717) is 0 Å². The maximum Gasteiger partial charge on any atom is 0.262 e. The standard InChI is InChI=1S/C13H17NO2/c1-13(2,3)7-9-4-5-10-11(6-9)16-8-12(15)14-10/h4-6H,7-8H2,1-3H3,(H,14,15). The first kappa shape index (κ1) is 11.0. The summed E-state index contributed by atoms with van der Waals surface area (Å²) in [6.45, 7) is 6.73. The van der Waals surface area contributed by atoms with Crippen molar-refractivity contribution in [2.45, 2.75) is 27.2 Å². The molecular formula is C13H17NO2. The summed E-state index contributed by atoms with van der Waals surface area (Å²) in [7, 11) is 0. The van der Waals surface area contributed by atoms with Gasteiger partial charge in [0.05, 0.1) is 5.69 Å². The fourth-order valence-corrected chi connectivity index (χ4v) is 1.84. The van der Waals surface area contributed by atoms with Crippen LogP contribution in [0.2, 0.25) is 0 Å². The largest absolute Gasteiger partial charge is 0.482 e. The number of carbonyl (C=O) groups excluding carboxylic acids is 1. The number of nitrogens with one attached hydrogen (secondary N) is 1. The number of anilines is 1. The van der Waals surface area contributed by atoms with Gasteiger partial charge in [-0.2, -0.15) is 0 Å². The second-order valence-electron chi connectivity index (χ2n) is 5.40. The molecule has 16 heavy (non-hydrogen) atoms. The molecule has 0 fully saturated rings. The Balaban J connectivity index is 2.23. The molecular weight excluding hydrogens is 202 g/mol. The molecule has 0 saturated heterocycles. The van der Waals surface area contributed by atoms with E-state index in [1.807, 2.05) is 18.2 Å². The molecule has 0 spiro atoms. The minimum Gasteiger partial charge on any atom is -0.482 e. The molecule has 0 atom stereocenters. The van der Waals surface area contributed by atoms with E-state index in [2.05, 4.69) is 26.1 Å². The van der Waals surface area contributed by atoms with Gasteiger partial charge in [-0.15, -0.1) is 0 Å². The molecule has 3 nitrogen and oxygen atoms in total. The first-order valence-corrected chi connectivity index (χ1v) is 5.50. The molecule has 0 radical (unpaired) electrons. The average Bonchev–Trinajstić information content (AvgIpc) is 2.16. The third-order valence-electron chi connectivity index (χ3n) is 2.41. The fraction of sp³-hybridized carbons (Fsp3) is 0.462. The van der Waals surface area contributed by atoms with Gasteiger partial charge in [-0.1, -0.05) is 26.8 Å². The highest BCUT2D eigenvalue weighted by atomic mass is 16.5. The van der Waals surface area contributed by atoms with Gasteiger partial charge in [0.25, 0.3) is 5.91 Å². The molecule has 1 aliphatic rings. The molecule has 1 amide bonds. The van der Waals surface area contributed by atoms with E-state index in [1.54, 1.807) is 0 Å². The molecule has 1 aliphatic heterocycles. The number of hydrogen-bond donors (Lipinski definition) is 1. The van der Waals surface area contributed by atoms with Gasteiger partial charge in [0, 0.05) is 0 Å². The highest BCUT2D eigenvalue weighted by Gasteiger charge is 2.17. The molecule has 1 heterocycles. The van der Waals surface area contributed by atoms with Crippen molar-refractivity contribution in [2.75, 3.05) is 11.9 Å². The molecule has 1 aromatic carbocycles. The van der Waals surface area contributed by atoms with Crippen molar-refractivity contribution in [3.05, 3.63) is 23.8 Å². The van der Waals surface area contributed by atoms with Crippen molar-refractivity contribution < 1.29 is 9.53 Å². The molecule has 0 aromatic heterocycles. The van der Waals surface area contributed by atoms with E-state index in [9.17, 15) is 4.79 Å². The number of fused-ring (bicyclic) bond motifs is 1. The third-order valence-corrected chi connectivity index (χ3v) is 2.41. The second kappa shape index (κ2) is 3.81. The van der Waals surface area contributed by atoms with Crippen molar-refractivity contribution in [2.24, 2.45) is 5.41 Å². The zero-order valence-electron chi connectivity index (χ0n) is 9.96. The van der Waals surface area contributed by atoms with E-state index in [4.69, 9.17) is 4.74 Å². The zero-order chi connectivity index (χ0) is 11.8. The Morgan fingerprint density at radius 3 is 2.81 bits per heavy atom. The summed E-state index contributed by atoms with van der Waals surface area (Å²) in [5.41, 5.74) is 2.27. The lowest BCUT2D eigenvalue weighted by Crippen LogP contribution is -2.25. The van der Waals surface area contributed by atoms with E-state index in [-0.39, 0.29) is 17.9 Å². The van der Waals surface area contributed by atoms with Crippen LogP contribution in [-0.2, 0) is 11.2 Å². The maximum absolute atomic E-state index is 11.1. The number of hydrogen-bond acceptors (Lipinski definition) is 2. The number of carbonyl (C=O) groups is 1. The van der Waals surface area contributed by atoms with Crippen LogP contribution < -0.4 is 10.1 Å². The molecule has 3 heteroatoms. The van der Waals surface area contributed by atoms with E-state index < -0.39 is 0 Å². The summed E-state index contributed by atoms with van der Waals surface area (Å²) in [4.78, 5) is 11.1. The van der Waals surface area contributed by atoms with Gasteiger partial charge >= 0.3 is 0 Å². The van der Waals surface area contributed by atoms with Crippen LogP contribution in [0.1, 0.15) is 26.3 Å². The predicted molar refractivity (Wildman–Crippen MR) is 63.7 cm³/mol. The zero-order valence-corrected chi connectivity index (χ0v) is 9.96. The van der Waals surface area contributed by atoms with Crippen LogP contribution in [0.5, 0.6) is 5.75 Å². The number of amides is 1. The van der Waals surface area contributed by atoms with Gasteiger partial charge < -0.3 is 10.1 Å². The smallest absolute Gasteiger partial charge is 0.262 e. The Bertz CT molecular complexity index is 418. The van der Waals surface area contributed by atoms with Gasteiger partial charge in [0.15, 0.2) is 6.61 Å². The summed E-state index contributed by atoms with van der Waals surface area (Å²) in [6.07, 6.45) is 0.998. The van der Waals surface area contributed by atoms with Crippen LogP contribution in [-0.4, -0.2) is 12.5 Å². The Kier molecular flexibility index (Phi) is 2.62. The minimum atomic E-state index is -0.0870. The van der Waals surface area contributed by atoms with Crippen LogP contribution in [0.3, 0.4) is 0 Å². The Morgan fingerprint density at radius 1 is 1.38 bits per heavy atom. The van der Waals surface area contributed by atoms with E-state index >= 15 is 0 Å². The van der Waals surface area contributed by atoms with Gasteiger partial charge in [0.2, 0.25) is 0 Å². The lowest BCUT2D eigenvalue weighted by atomic mass is 9.88. The quantitative estimate of drug-likeness (QED) is 0.788. The van der Waals surface area contributed by atoms with Crippen molar-refractivity contribution in [3.63, 3.8) is 0 Å². The first-order chi connectivity index (χ1) is 7.44. The Labute approximate surface area is 95.8 Å². The molecule has 0 aliphatic carbocycles. The SMILES string of the molecule is CC(C)(C)Cc1ccc2c(c1)OCC(=O)N2. The highest BCUT2D eigenvalue weighted by Crippen LogP contribution is 2.31. The predicted octanol–water partition coefficient (Wildman–Crippen LogP) is 2.61. The molecule has 2 rings (SSSR count). The molecule has 1 N–H and O–H groups in total. The molecule has 86 valence electrons. The summed E-state index contributed by atoms with van der Waals surface area (Å²) < 4.78 is 5.38. The summed E-state index contributed by atoms with van der Waals surface area (Å²) in [5, 5.41) is 2.79. The number of benzene rings is 1. The summed E-state index contributed by atoms with van der Waals surface area (Å²) in [6, 6.07) is 5.96. The average molecular weight is 219 g/mol. The van der Waals surface area contributed by atoms with Crippen molar-refractivity contribution in [1.82, 2.24) is 0 Å². The molecule has 1 aromatic rings. The van der Waals surface area contributed by atoms with E-state index in [0.717, 1.165) is 17.9 Å². The maximum atomic E-state index is 11.1. The molecule has 0 bridgehead atoms. The summed E-state index contributed by atoms with van der Waals surface area (Å²) >= 11 is 0. The second-order valence-corrected chi connectivity index (χ2v) is 5.40. The van der Waals surface area contributed by atoms with Crippen LogP contribution in [0.15, 0.2) is 18.2 Å². The third kappa shape index (κ3) is 2.54. The van der Waals surface area contributed by atoms with Crippen molar-refractivity contribution >= 4 is 11.6 Å². The van der Waals surface area contributed by atoms with Crippen LogP contribution in [0, 0.1) is 5.41 Å². The van der Waals surface area contributed by atoms with E-state index in [1.165, 1.54) is 5.56 Å². The Hall–Kier alpha value is -1.51. The number of rotatable bonds is 1. The minimum absolute atomic E-state index is 0.0870. The van der Waals surface area contributed by atoms with Gasteiger partial charge in [0.1, 0.15) is 5.75 Å². The lowest BCUT2D eigenvalue weighted by molar-refractivity contribution is -0.118. The van der Waals surface area contributed by atoms with Crippen molar-refractivity contribution in [1.29, 1.82) is 0 Å². The number of ether oxygens (including phenoxy) is 1. The van der Waals surface area contributed by atoms with Crippen LogP contribution >= 0.6 is 0 Å². The highest BCUT2D eigenvalue weighted by molar-refractivity contribution is 5.95. The summed E-state index contributed by atoms with van der Waals surface area (Å²) in [5.74, 6) is 0.692. The van der Waals surface area contributed by atoms with Crippen LogP contribution in [0.4, 0.5) is 5.69 Å². The molecule has 0 unspecified atom stereocenters. The Morgan fingerprint density at radius 2 is 2.12 bits per heavy atom. The van der Waals surface area contributed by atoms with Gasteiger partial charge in [-0.3, -0.25) is 4.79 Å². The van der Waals surface area contributed by atoms with Crippen LogP contribution in [0.25, 0.3) is 0 Å². The lowest BCUT2D eigenvalue weighted by Gasteiger charge is -2.21. The fourth-order valence-electron chi connectivity index (χ4n) is 1.84. The first-order valence-electron chi connectivity index (χ1n) is 5.50. The monoisotopic (exact) mass is 219 g/mol.